The number of aryl methyl sites for hydroxylation is 1. The first-order valence-corrected chi connectivity index (χ1v) is 12.3. The number of nitrogens with one attached hydrogen (secondary N) is 2. The van der Waals surface area contributed by atoms with Gasteiger partial charge in [0.2, 0.25) is 17.7 Å². The second-order valence-electron chi connectivity index (χ2n) is 10.0. The van der Waals surface area contributed by atoms with Crippen LogP contribution in [-0.2, 0) is 14.4 Å². The van der Waals surface area contributed by atoms with Gasteiger partial charge in [-0.1, -0.05) is 45.0 Å². The van der Waals surface area contributed by atoms with Crippen LogP contribution in [0.5, 0.6) is 0 Å². The van der Waals surface area contributed by atoms with Gasteiger partial charge in [-0.25, -0.2) is 4.98 Å². The van der Waals surface area contributed by atoms with E-state index in [2.05, 4.69) is 15.6 Å². The number of hydrogen-bond donors (Lipinski definition) is 3. The van der Waals surface area contributed by atoms with Crippen LogP contribution in [0.1, 0.15) is 58.3 Å². The lowest BCUT2D eigenvalue weighted by atomic mass is 9.85. The third kappa shape index (κ3) is 5.82. The number of rotatable bonds is 6. The van der Waals surface area contributed by atoms with Crippen LogP contribution < -0.4 is 10.6 Å². The molecular formula is C25H34N4O4S. The quantitative estimate of drug-likeness (QED) is 0.581. The molecule has 1 aliphatic heterocycles. The van der Waals surface area contributed by atoms with Crippen molar-refractivity contribution < 1.29 is 19.5 Å². The van der Waals surface area contributed by atoms with Crippen LogP contribution in [0.4, 0.5) is 0 Å². The first-order valence-electron chi connectivity index (χ1n) is 11.4. The number of aromatic nitrogens is 1. The number of hydrogen-bond acceptors (Lipinski definition) is 6. The molecule has 2 aromatic rings. The van der Waals surface area contributed by atoms with Gasteiger partial charge in [-0.2, -0.15) is 0 Å². The number of β-amino-alcohol motifs (C(OH)–C–C–N with tert-alkyl or cyclic N) is 1. The molecule has 9 heteroatoms. The standard InChI is InChI=1S/C25H34N4O4S/c1-14(17-7-9-18(10-8-17)21-15(2)26-13-34-21)27-23(32)20-11-19(31)12-29(20)24(33)22(25(4,5)6)28-16(3)30/h7-10,13-14,19-20,22,31H,11-12H2,1-6H3,(H,27,32)(H,28,30)/t14-,19+,20-,22+/m0/s1. The Balaban J connectivity index is 1.72. The summed E-state index contributed by atoms with van der Waals surface area (Å²) < 4.78 is 0. The Hall–Kier alpha value is -2.78. The number of nitrogens with zero attached hydrogens (tertiary/aromatic N) is 2. The number of carbonyl (C=O) groups is 3. The highest BCUT2D eigenvalue weighted by Crippen LogP contribution is 2.29. The first-order chi connectivity index (χ1) is 15.9. The highest BCUT2D eigenvalue weighted by molar-refractivity contribution is 7.13. The van der Waals surface area contributed by atoms with Gasteiger partial charge in [0.05, 0.1) is 28.2 Å². The fourth-order valence-electron chi connectivity index (χ4n) is 4.22. The van der Waals surface area contributed by atoms with Crippen molar-refractivity contribution in [3.63, 3.8) is 0 Å². The highest BCUT2D eigenvalue weighted by Gasteiger charge is 2.44. The van der Waals surface area contributed by atoms with Crippen molar-refractivity contribution in [2.75, 3.05) is 6.54 Å². The minimum Gasteiger partial charge on any atom is -0.391 e. The average Bonchev–Trinajstić information content (AvgIpc) is 3.36. The van der Waals surface area contributed by atoms with E-state index in [-0.39, 0.29) is 36.7 Å². The van der Waals surface area contributed by atoms with Crippen molar-refractivity contribution in [3.8, 4) is 10.4 Å². The van der Waals surface area contributed by atoms with Gasteiger partial charge in [-0.15, -0.1) is 11.3 Å². The van der Waals surface area contributed by atoms with Gasteiger partial charge in [0.25, 0.3) is 0 Å². The van der Waals surface area contributed by atoms with Crippen molar-refractivity contribution in [1.29, 1.82) is 0 Å². The molecule has 3 N–H and O–H groups in total. The summed E-state index contributed by atoms with van der Waals surface area (Å²) in [5, 5.41) is 16.0. The van der Waals surface area contributed by atoms with Gasteiger partial charge in [0.1, 0.15) is 12.1 Å². The van der Waals surface area contributed by atoms with E-state index in [1.54, 1.807) is 11.3 Å². The van der Waals surface area contributed by atoms with Crippen LogP contribution in [0.15, 0.2) is 29.8 Å². The van der Waals surface area contributed by atoms with E-state index in [1.165, 1.54) is 11.8 Å². The van der Waals surface area contributed by atoms with E-state index in [9.17, 15) is 19.5 Å². The van der Waals surface area contributed by atoms with Crippen LogP contribution >= 0.6 is 11.3 Å². The summed E-state index contributed by atoms with van der Waals surface area (Å²) in [5.74, 6) is -1.01. The lowest BCUT2D eigenvalue weighted by molar-refractivity contribution is -0.144. The maximum Gasteiger partial charge on any atom is 0.246 e. The summed E-state index contributed by atoms with van der Waals surface area (Å²) in [6.07, 6.45) is -0.639. The smallest absolute Gasteiger partial charge is 0.246 e. The molecule has 0 radical (unpaired) electrons. The van der Waals surface area contributed by atoms with Crippen LogP contribution in [0.2, 0.25) is 0 Å². The van der Waals surface area contributed by atoms with Crippen molar-refractivity contribution in [2.45, 2.75) is 72.2 Å². The number of benzene rings is 1. The predicted octanol–water partition coefficient (Wildman–Crippen LogP) is 2.81. The fraction of sp³-hybridized carbons (Fsp3) is 0.520. The summed E-state index contributed by atoms with van der Waals surface area (Å²) in [4.78, 5) is 45.0. The molecular weight excluding hydrogens is 452 g/mol. The zero-order valence-electron chi connectivity index (χ0n) is 20.6. The monoisotopic (exact) mass is 486 g/mol. The molecule has 0 unspecified atom stereocenters. The second kappa shape index (κ2) is 10.2. The molecule has 4 atom stereocenters. The molecule has 1 aromatic heterocycles. The Morgan fingerprint density at radius 2 is 1.82 bits per heavy atom. The molecule has 0 bridgehead atoms. The van der Waals surface area contributed by atoms with Crippen LogP contribution in [0.3, 0.4) is 0 Å². The molecule has 0 saturated carbocycles. The zero-order chi connectivity index (χ0) is 25.2. The molecule has 1 saturated heterocycles. The molecule has 3 amide bonds. The molecule has 0 spiro atoms. The summed E-state index contributed by atoms with van der Waals surface area (Å²) >= 11 is 1.59. The normalized spacial score (nSPS) is 20.0. The van der Waals surface area contributed by atoms with E-state index in [4.69, 9.17) is 0 Å². The van der Waals surface area contributed by atoms with Gasteiger partial charge in [-0.3, -0.25) is 14.4 Å². The highest BCUT2D eigenvalue weighted by atomic mass is 32.1. The van der Waals surface area contributed by atoms with Crippen molar-refractivity contribution in [1.82, 2.24) is 20.5 Å². The van der Waals surface area contributed by atoms with Gasteiger partial charge < -0.3 is 20.6 Å². The van der Waals surface area contributed by atoms with E-state index < -0.39 is 23.6 Å². The van der Waals surface area contributed by atoms with Crippen molar-refractivity contribution >= 4 is 29.1 Å². The molecule has 2 heterocycles. The molecule has 0 aliphatic carbocycles. The zero-order valence-corrected chi connectivity index (χ0v) is 21.4. The largest absolute Gasteiger partial charge is 0.391 e. The van der Waals surface area contributed by atoms with E-state index in [1.807, 2.05) is 64.4 Å². The third-order valence-corrected chi connectivity index (χ3v) is 7.08. The lowest BCUT2D eigenvalue weighted by Crippen LogP contribution is -2.57. The molecule has 8 nitrogen and oxygen atoms in total. The average molecular weight is 487 g/mol. The first kappa shape index (κ1) is 25.8. The van der Waals surface area contributed by atoms with Gasteiger partial charge in [-0.05, 0) is 30.4 Å². The number of aliphatic hydroxyl groups excluding tert-OH is 1. The summed E-state index contributed by atoms with van der Waals surface area (Å²) in [6.45, 7) is 10.8. The Bertz CT molecular complexity index is 1040. The molecule has 1 fully saturated rings. The van der Waals surface area contributed by atoms with Gasteiger partial charge >= 0.3 is 0 Å². The van der Waals surface area contributed by atoms with E-state index in [0.717, 1.165) is 21.7 Å². The minimum absolute atomic E-state index is 0.0559. The van der Waals surface area contributed by atoms with Gasteiger partial charge in [0.15, 0.2) is 0 Å². The van der Waals surface area contributed by atoms with Crippen LogP contribution in [0, 0.1) is 12.3 Å². The SMILES string of the molecule is CC(=O)N[C@H](C(=O)N1C[C@H](O)C[C@H]1C(=O)N[C@@H](C)c1ccc(-c2scnc2C)cc1)C(C)(C)C. The summed E-state index contributed by atoms with van der Waals surface area (Å²) in [6, 6.07) is 6.07. The Morgan fingerprint density at radius 1 is 1.18 bits per heavy atom. The molecule has 34 heavy (non-hydrogen) atoms. The third-order valence-electron chi connectivity index (χ3n) is 6.10. The Morgan fingerprint density at radius 3 is 2.35 bits per heavy atom. The number of amides is 3. The predicted molar refractivity (Wildman–Crippen MR) is 132 cm³/mol. The van der Waals surface area contributed by atoms with Crippen LogP contribution in [0.25, 0.3) is 10.4 Å². The maximum atomic E-state index is 13.3. The number of aliphatic hydroxyl groups is 1. The molecule has 1 aliphatic rings. The number of thiazole rings is 1. The van der Waals surface area contributed by atoms with Crippen molar-refractivity contribution in [3.05, 3.63) is 41.0 Å². The fourth-order valence-corrected chi connectivity index (χ4v) is 5.03. The Kier molecular flexibility index (Phi) is 7.77. The van der Waals surface area contributed by atoms with E-state index >= 15 is 0 Å². The minimum atomic E-state index is -0.803. The van der Waals surface area contributed by atoms with Gasteiger partial charge in [0, 0.05) is 19.9 Å². The Labute approximate surface area is 204 Å². The molecule has 184 valence electrons. The summed E-state index contributed by atoms with van der Waals surface area (Å²) in [7, 11) is 0. The van der Waals surface area contributed by atoms with E-state index in [0.29, 0.717) is 0 Å². The maximum absolute atomic E-state index is 13.3. The topological polar surface area (TPSA) is 112 Å². The molecule has 3 rings (SSSR count). The second-order valence-corrected chi connectivity index (χ2v) is 10.9. The number of carbonyl (C=O) groups excluding carboxylic acids is 3. The van der Waals surface area contributed by atoms with Crippen LogP contribution in [-0.4, -0.2) is 57.4 Å². The van der Waals surface area contributed by atoms with Crippen molar-refractivity contribution in [2.24, 2.45) is 5.41 Å². The molecule has 1 aromatic carbocycles. The summed E-state index contributed by atoms with van der Waals surface area (Å²) in [5.41, 5.74) is 4.26. The lowest BCUT2D eigenvalue weighted by Gasteiger charge is -2.35. The number of likely N-dealkylation sites (tertiary alicyclic amines) is 1.